The first kappa shape index (κ1) is 17.3. The van der Waals surface area contributed by atoms with E-state index in [1.165, 1.54) is 0 Å². The molecule has 0 aliphatic rings. The van der Waals surface area contributed by atoms with Crippen LogP contribution in [0.5, 0.6) is 5.88 Å². The lowest BCUT2D eigenvalue weighted by Gasteiger charge is -2.16. The van der Waals surface area contributed by atoms with Crippen molar-refractivity contribution in [2.75, 3.05) is 7.11 Å². The fraction of sp³-hybridized carbons (Fsp3) is 0.571. The molecule has 0 saturated heterocycles. The molecule has 0 saturated carbocycles. The molecule has 6 heteroatoms. The van der Waals surface area contributed by atoms with Gasteiger partial charge in [0.2, 0.25) is 5.88 Å². The van der Waals surface area contributed by atoms with Gasteiger partial charge in [-0.1, -0.05) is 13.3 Å². The van der Waals surface area contributed by atoms with E-state index >= 15 is 0 Å². The van der Waals surface area contributed by atoms with Crippen molar-refractivity contribution in [1.29, 1.82) is 0 Å². The largest absolute Gasteiger partial charge is 0.481 e. The predicted molar refractivity (Wildman–Crippen MR) is 87.8 cm³/mol. The first-order chi connectivity index (χ1) is 9.29. The highest BCUT2D eigenvalue weighted by molar-refractivity contribution is 9.10. The van der Waals surface area contributed by atoms with E-state index in [-0.39, 0.29) is 4.75 Å². The van der Waals surface area contributed by atoms with Crippen LogP contribution in [0.4, 0.5) is 0 Å². The summed E-state index contributed by atoms with van der Waals surface area (Å²) in [7, 11) is 0.277. The second kappa shape index (κ2) is 7.31. The van der Waals surface area contributed by atoms with E-state index in [0.29, 0.717) is 5.88 Å². The maximum atomic E-state index is 12.3. The van der Waals surface area contributed by atoms with Crippen LogP contribution < -0.4 is 4.74 Å². The number of nitrogens with zero attached hydrogens (tertiary/aromatic N) is 2. The zero-order valence-electron chi connectivity index (χ0n) is 12.6. The average Bonchev–Trinajstić information content (AvgIpc) is 2.37. The van der Waals surface area contributed by atoms with Gasteiger partial charge in [0.15, 0.2) is 0 Å². The van der Waals surface area contributed by atoms with Crippen molar-refractivity contribution < 1.29 is 8.95 Å². The molecule has 0 aromatic carbocycles. The summed E-state index contributed by atoms with van der Waals surface area (Å²) in [5.74, 6) is 0.506. The molecule has 0 amide bonds. The van der Waals surface area contributed by atoms with E-state index < -0.39 is 11.0 Å². The Balaban J connectivity index is 3.30. The third kappa shape index (κ3) is 4.66. The fourth-order valence-corrected chi connectivity index (χ4v) is 2.49. The van der Waals surface area contributed by atoms with Gasteiger partial charge in [-0.2, -0.15) is 4.40 Å². The van der Waals surface area contributed by atoms with Gasteiger partial charge >= 0.3 is 0 Å². The van der Waals surface area contributed by atoms with E-state index in [1.54, 1.807) is 13.3 Å². The standard InChI is InChI=1S/C14H21BrN2O2S/c1-6-7-12(17-20(18)14(2,3)4)11-8-10(15)9-16-13(11)19-5/h8-9H,6-7H2,1-5H3. The zero-order valence-corrected chi connectivity index (χ0v) is 15.0. The molecular formula is C14H21BrN2O2S. The molecular weight excluding hydrogens is 340 g/mol. The van der Waals surface area contributed by atoms with Crippen LogP contribution in [0.15, 0.2) is 21.1 Å². The van der Waals surface area contributed by atoms with Crippen LogP contribution in [0.3, 0.4) is 0 Å². The molecule has 1 atom stereocenters. The molecule has 1 aromatic heterocycles. The summed E-state index contributed by atoms with van der Waals surface area (Å²) in [6.07, 6.45) is 3.32. The van der Waals surface area contributed by atoms with Crippen molar-refractivity contribution in [2.24, 2.45) is 4.40 Å². The summed E-state index contributed by atoms with van der Waals surface area (Å²) in [6.45, 7) is 7.79. The second-order valence-electron chi connectivity index (χ2n) is 5.36. The minimum Gasteiger partial charge on any atom is -0.481 e. The fourth-order valence-electron chi connectivity index (χ4n) is 1.50. The van der Waals surface area contributed by atoms with Crippen molar-refractivity contribution in [3.63, 3.8) is 0 Å². The van der Waals surface area contributed by atoms with Gasteiger partial charge in [-0.15, -0.1) is 0 Å². The molecule has 0 N–H and O–H groups in total. The van der Waals surface area contributed by atoms with Crippen molar-refractivity contribution in [1.82, 2.24) is 4.98 Å². The van der Waals surface area contributed by atoms with Gasteiger partial charge in [-0.05, 0) is 49.2 Å². The van der Waals surface area contributed by atoms with Crippen molar-refractivity contribution in [3.05, 3.63) is 22.3 Å². The molecule has 0 aliphatic heterocycles. The number of hydrogen-bond acceptors (Lipinski definition) is 3. The molecule has 1 aromatic rings. The van der Waals surface area contributed by atoms with Crippen LogP contribution in [0.1, 0.15) is 46.1 Å². The minimum absolute atomic E-state index is 0.383. The van der Waals surface area contributed by atoms with E-state index in [2.05, 4.69) is 32.2 Å². The molecule has 1 unspecified atom stereocenters. The normalized spacial score (nSPS) is 14.2. The molecule has 112 valence electrons. The van der Waals surface area contributed by atoms with Gasteiger partial charge < -0.3 is 4.74 Å². The molecule has 4 nitrogen and oxygen atoms in total. The van der Waals surface area contributed by atoms with Crippen LogP contribution in [0.25, 0.3) is 0 Å². The van der Waals surface area contributed by atoms with Crippen molar-refractivity contribution in [3.8, 4) is 5.88 Å². The highest BCUT2D eigenvalue weighted by Crippen LogP contribution is 2.24. The lowest BCUT2D eigenvalue weighted by molar-refractivity contribution is 0.396. The SMILES string of the molecule is CCCC(=NS(=O)C(C)(C)C)c1cc(Br)cnc1OC. The Bertz CT molecular complexity index is 524. The molecule has 0 bridgehead atoms. The Kier molecular flexibility index (Phi) is 6.33. The Morgan fingerprint density at radius 3 is 2.65 bits per heavy atom. The second-order valence-corrected chi connectivity index (χ2v) is 8.18. The van der Waals surface area contributed by atoms with E-state index in [9.17, 15) is 4.21 Å². The number of ether oxygens (including phenoxy) is 1. The number of hydrogen-bond donors (Lipinski definition) is 0. The zero-order chi connectivity index (χ0) is 15.3. The lowest BCUT2D eigenvalue weighted by atomic mass is 10.1. The van der Waals surface area contributed by atoms with Crippen LogP contribution in [-0.4, -0.2) is 26.8 Å². The number of halogens is 1. The monoisotopic (exact) mass is 360 g/mol. The molecule has 1 rings (SSSR count). The third-order valence-corrected chi connectivity index (χ3v) is 4.39. The Morgan fingerprint density at radius 1 is 1.50 bits per heavy atom. The topological polar surface area (TPSA) is 51.5 Å². The Labute approximate surface area is 131 Å². The van der Waals surface area contributed by atoms with Gasteiger partial charge in [0.1, 0.15) is 11.0 Å². The van der Waals surface area contributed by atoms with Crippen LogP contribution >= 0.6 is 15.9 Å². The van der Waals surface area contributed by atoms with Gasteiger partial charge in [-0.25, -0.2) is 9.19 Å². The summed E-state index contributed by atoms with van der Waals surface area (Å²) >= 11 is 3.40. The lowest BCUT2D eigenvalue weighted by Crippen LogP contribution is -2.21. The average molecular weight is 361 g/mol. The number of methoxy groups -OCH3 is 1. The maximum Gasteiger partial charge on any atom is 0.222 e. The van der Waals surface area contributed by atoms with Crippen LogP contribution in [0.2, 0.25) is 0 Å². The first-order valence-corrected chi connectivity index (χ1v) is 8.39. The van der Waals surface area contributed by atoms with Crippen molar-refractivity contribution in [2.45, 2.75) is 45.3 Å². The van der Waals surface area contributed by atoms with Gasteiger partial charge in [0, 0.05) is 10.7 Å². The molecule has 1 heterocycles. The number of aromatic nitrogens is 1. The van der Waals surface area contributed by atoms with Crippen LogP contribution in [-0.2, 0) is 11.0 Å². The molecule has 20 heavy (non-hydrogen) atoms. The molecule has 0 fully saturated rings. The minimum atomic E-state index is -1.30. The Hall–Kier alpha value is -0.750. The van der Waals surface area contributed by atoms with E-state index in [1.807, 2.05) is 26.8 Å². The molecule has 0 spiro atoms. The van der Waals surface area contributed by atoms with Crippen molar-refractivity contribution >= 4 is 32.6 Å². The van der Waals surface area contributed by atoms with Gasteiger partial charge in [0.25, 0.3) is 0 Å². The summed E-state index contributed by atoms with van der Waals surface area (Å²) < 4.78 is 22.4. The highest BCUT2D eigenvalue weighted by atomic mass is 79.9. The quantitative estimate of drug-likeness (QED) is 0.748. The maximum absolute atomic E-state index is 12.3. The van der Waals surface area contributed by atoms with Gasteiger partial charge in [-0.3, -0.25) is 0 Å². The number of pyridine rings is 1. The molecule has 0 aliphatic carbocycles. The predicted octanol–water partition coefficient (Wildman–Crippen LogP) is 3.90. The van der Waals surface area contributed by atoms with Gasteiger partial charge in [0.05, 0.1) is 23.1 Å². The first-order valence-electron chi connectivity index (χ1n) is 6.49. The van der Waals surface area contributed by atoms with Crippen LogP contribution in [0, 0.1) is 0 Å². The Morgan fingerprint density at radius 2 is 2.15 bits per heavy atom. The number of rotatable bonds is 5. The summed E-state index contributed by atoms with van der Waals surface area (Å²) in [5.41, 5.74) is 1.56. The summed E-state index contributed by atoms with van der Waals surface area (Å²) in [4.78, 5) is 4.22. The third-order valence-electron chi connectivity index (χ3n) is 2.53. The van der Waals surface area contributed by atoms with E-state index in [0.717, 1.165) is 28.6 Å². The summed E-state index contributed by atoms with van der Waals surface area (Å²) in [6, 6.07) is 1.90. The highest BCUT2D eigenvalue weighted by Gasteiger charge is 2.21. The van der Waals surface area contributed by atoms with E-state index in [4.69, 9.17) is 4.74 Å². The summed E-state index contributed by atoms with van der Waals surface area (Å²) in [5, 5.41) is 0. The smallest absolute Gasteiger partial charge is 0.222 e. The molecule has 0 radical (unpaired) electrons.